The monoisotopic (exact) mass is 332 g/mol. The molecule has 1 unspecified atom stereocenters. The van der Waals surface area contributed by atoms with E-state index in [0.717, 1.165) is 17.4 Å². The van der Waals surface area contributed by atoms with E-state index < -0.39 is 6.10 Å². The number of ether oxygens (including phenoxy) is 1. The van der Waals surface area contributed by atoms with E-state index in [4.69, 9.17) is 4.74 Å². The van der Waals surface area contributed by atoms with Crippen molar-refractivity contribution in [3.8, 4) is 0 Å². The van der Waals surface area contributed by atoms with Crippen LogP contribution in [0.2, 0.25) is 0 Å². The molecular weight excluding hydrogens is 312 g/mol. The van der Waals surface area contributed by atoms with Gasteiger partial charge in [-0.1, -0.05) is 6.92 Å². The molecule has 1 rings (SSSR count). The molecule has 0 spiro atoms. The fourth-order valence-corrected chi connectivity index (χ4v) is 2.38. The number of nitrogens with zero attached hydrogens (tertiary/aromatic N) is 2. The second-order valence-corrected chi connectivity index (χ2v) is 5.45. The van der Waals surface area contributed by atoms with Crippen LogP contribution in [0.1, 0.15) is 23.8 Å². The van der Waals surface area contributed by atoms with E-state index in [9.17, 15) is 9.90 Å². The quantitative estimate of drug-likeness (QED) is 0.827. The number of hydrogen-bond donors (Lipinski definition) is 1. The van der Waals surface area contributed by atoms with Gasteiger partial charge in [0.15, 0.2) is 0 Å². The van der Waals surface area contributed by atoms with Crippen molar-refractivity contribution >= 4 is 21.8 Å². The maximum absolute atomic E-state index is 12.3. The number of amides is 1. The first-order valence-corrected chi connectivity index (χ1v) is 7.07. The average molecular weight is 333 g/mol. The smallest absolute Gasteiger partial charge is 0.270 e. The Balaban J connectivity index is 2.75. The maximum atomic E-state index is 12.3. The van der Waals surface area contributed by atoms with E-state index in [-0.39, 0.29) is 19.1 Å². The highest BCUT2D eigenvalue weighted by molar-refractivity contribution is 9.10. The molecule has 6 heteroatoms. The van der Waals surface area contributed by atoms with Gasteiger partial charge in [0.2, 0.25) is 0 Å². The molecule has 1 amide bonds. The molecule has 0 aliphatic carbocycles. The second kappa shape index (κ2) is 7.67. The van der Waals surface area contributed by atoms with E-state index >= 15 is 0 Å². The Labute approximate surface area is 122 Å². The van der Waals surface area contributed by atoms with Crippen molar-refractivity contribution in [2.45, 2.75) is 26.0 Å². The van der Waals surface area contributed by atoms with Crippen molar-refractivity contribution in [2.75, 3.05) is 27.3 Å². The molecule has 0 fully saturated rings. The van der Waals surface area contributed by atoms with Crippen LogP contribution in [0.5, 0.6) is 0 Å². The first kappa shape index (κ1) is 16.2. The fourth-order valence-electron chi connectivity index (χ4n) is 1.92. The molecule has 1 aromatic rings. The zero-order valence-corrected chi connectivity index (χ0v) is 13.2. The second-order valence-electron chi connectivity index (χ2n) is 4.53. The van der Waals surface area contributed by atoms with E-state index in [1.54, 1.807) is 13.1 Å². The Morgan fingerprint density at radius 3 is 2.89 bits per heavy atom. The third kappa shape index (κ3) is 4.63. The van der Waals surface area contributed by atoms with Gasteiger partial charge in [0, 0.05) is 37.9 Å². The van der Waals surface area contributed by atoms with Gasteiger partial charge in [-0.15, -0.1) is 0 Å². The topological polar surface area (TPSA) is 54.7 Å². The first-order chi connectivity index (χ1) is 8.99. The van der Waals surface area contributed by atoms with Gasteiger partial charge in [0.1, 0.15) is 5.69 Å². The van der Waals surface area contributed by atoms with Gasteiger partial charge in [0.05, 0.1) is 12.7 Å². The number of aryl methyl sites for hydroxylation is 1. The molecule has 1 N–H and O–H groups in total. The average Bonchev–Trinajstić information content (AvgIpc) is 2.70. The molecule has 0 aliphatic heterocycles. The van der Waals surface area contributed by atoms with Gasteiger partial charge in [0.25, 0.3) is 5.91 Å². The number of likely N-dealkylation sites (N-methyl/N-ethyl adjacent to an activating group) is 1. The molecule has 108 valence electrons. The third-order valence-electron chi connectivity index (χ3n) is 2.74. The summed E-state index contributed by atoms with van der Waals surface area (Å²) in [4.78, 5) is 13.8. The van der Waals surface area contributed by atoms with Crippen LogP contribution in [-0.2, 0) is 11.3 Å². The Bertz CT molecular complexity index is 420. The van der Waals surface area contributed by atoms with Gasteiger partial charge in [-0.25, -0.2) is 0 Å². The SMILES string of the molecule is CCCn1cc(Br)cc1C(=O)N(C)CC(O)COC. The molecule has 0 bridgehead atoms. The highest BCUT2D eigenvalue weighted by Crippen LogP contribution is 2.17. The number of aromatic nitrogens is 1. The van der Waals surface area contributed by atoms with E-state index in [1.807, 2.05) is 10.8 Å². The van der Waals surface area contributed by atoms with Crippen LogP contribution >= 0.6 is 15.9 Å². The van der Waals surface area contributed by atoms with Crippen molar-refractivity contribution in [3.05, 3.63) is 22.4 Å². The maximum Gasteiger partial charge on any atom is 0.270 e. The Morgan fingerprint density at radius 2 is 2.32 bits per heavy atom. The van der Waals surface area contributed by atoms with Crippen molar-refractivity contribution in [1.29, 1.82) is 0 Å². The number of halogens is 1. The molecule has 1 aromatic heterocycles. The molecule has 0 saturated carbocycles. The third-order valence-corrected chi connectivity index (χ3v) is 3.17. The van der Waals surface area contributed by atoms with Gasteiger partial charge in [-0.3, -0.25) is 4.79 Å². The number of aliphatic hydroxyl groups is 1. The summed E-state index contributed by atoms with van der Waals surface area (Å²) in [6, 6.07) is 1.80. The molecule has 19 heavy (non-hydrogen) atoms. The van der Waals surface area contributed by atoms with Crippen LogP contribution < -0.4 is 0 Å². The van der Waals surface area contributed by atoms with E-state index in [0.29, 0.717) is 5.69 Å². The molecule has 0 radical (unpaired) electrons. The molecular formula is C13H21BrN2O3. The molecule has 5 nitrogen and oxygen atoms in total. The molecule has 0 aliphatic rings. The van der Waals surface area contributed by atoms with Crippen molar-refractivity contribution in [1.82, 2.24) is 9.47 Å². The van der Waals surface area contributed by atoms with Gasteiger partial charge < -0.3 is 19.3 Å². The minimum Gasteiger partial charge on any atom is -0.389 e. The van der Waals surface area contributed by atoms with Crippen LogP contribution in [0, 0.1) is 0 Å². The predicted molar refractivity (Wildman–Crippen MR) is 77.3 cm³/mol. The summed E-state index contributed by atoms with van der Waals surface area (Å²) in [6.45, 7) is 3.33. The zero-order chi connectivity index (χ0) is 14.4. The fraction of sp³-hybridized carbons (Fsp3) is 0.615. The lowest BCUT2D eigenvalue weighted by molar-refractivity contribution is 0.0376. The standard InChI is InChI=1S/C13H21BrN2O3/c1-4-5-16-7-10(14)6-12(16)13(18)15(2)8-11(17)9-19-3/h6-7,11,17H,4-5,8-9H2,1-3H3. The lowest BCUT2D eigenvalue weighted by atomic mass is 10.3. The van der Waals surface area contributed by atoms with Crippen LogP contribution in [0.3, 0.4) is 0 Å². The summed E-state index contributed by atoms with van der Waals surface area (Å²) in [5.41, 5.74) is 0.626. The Kier molecular flexibility index (Phi) is 6.54. The van der Waals surface area contributed by atoms with Gasteiger partial charge in [-0.05, 0) is 28.4 Å². The number of aliphatic hydroxyl groups excluding tert-OH is 1. The van der Waals surface area contributed by atoms with Crippen LogP contribution in [-0.4, -0.2) is 53.9 Å². The van der Waals surface area contributed by atoms with Crippen molar-refractivity contribution in [3.63, 3.8) is 0 Å². The minimum atomic E-state index is -0.669. The van der Waals surface area contributed by atoms with Crippen molar-refractivity contribution < 1.29 is 14.6 Å². The number of rotatable bonds is 7. The predicted octanol–water partition coefficient (Wildman–Crippen LogP) is 1.74. The normalized spacial score (nSPS) is 12.5. The highest BCUT2D eigenvalue weighted by atomic mass is 79.9. The Morgan fingerprint density at radius 1 is 1.63 bits per heavy atom. The minimum absolute atomic E-state index is 0.102. The van der Waals surface area contributed by atoms with Crippen LogP contribution in [0.25, 0.3) is 0 Å². The summed E-state index contributed by atoms with van der Waals surface area (Å²) in [6.07, 6.45) is 2.19. The largest absolute Gasteiger partial charge is 0.389 e. The Hall–Kier alpha value is -0.850. The number of carbonyl (C=O) groups is 1. The number of hydrogen-bond acceptors (Lipinski definition) is 3. The summed E-state index contributed by atoms with van der Waals surface area (Å²) in [5, 5.41) is 9.66. The lowest BCUT2D eigenvalue weighted by Crippen LogP contribution is -2.37. The van der Waals surface area contributed by atoms with Crippen LogP contribution in [0.15, 0.2) is 16.7 Å². The highest BCUT2D eigenvalue weighted by Gasteiger charge is 2.19. The van der Waals surface area contributed by atoms with Gasteiger partial charge >= 0.3 is 0 Å². The lowest BCUT2D eigenvalue weighted by Gasteiger charge is -2.21. The molecule has 0 aromatic carbocycles. The van der Waals surface area contributed by atoms with Gasteiger partial charge in [-0.2, -0.15) is 0 Å². The summed E-state index contributed by atoms with van der Waals surface area (Å²) < 4.78 is 7.66. The molecule has 1 heterocycles. The van der Waals surface area contributed by atoms with E-state index in [1.165, 1.54) is 12.0 Å². The van der Waals surface area contributed by atoms with Crippen molar-refractivity contribution in [2.24, 2.45) is 0 Å². The zero-order valence-electron chi connectivity index (χ0n) is 11.6. The van der Waals surface area contributed by atoms with Crippen LogP contribution in [0.4, 0.5) is 0 Å². The summed E-state index contributed by atoms with van der Waals surface area (Å²) in [5.74, 6) is -0.102. The first-order valence-electron chi connectivity index (χ1n) is 6.27. The molecule has 1 atom stereocenters. The number of carbonyl (C=O) groups excluding carboxylic acids is 1. The molecule has 0 saturated heterocycles. The summed E-state index contributed by atoms with van der Waals surface area (Å²) in [7, 11) is 3.20. The van der Waals surface area contributed by atoms with E-state index in [2.05, 4.69) is 22.9 Å². The number of methoxy groups -OCH3 is 1. The summed E-state index contributed by atoms with van der Waals surface area (Å²) >= 11 is 3.39.